The minimum absolute atomic E-state index is 0.0335. The lowest BCUT2D eigenvalue weighted by Gasteiger charge is -2.43. The van der Waals surface area contributed by atoms with E-state index in [0.29, 0.717) is 51.3 Å². The molecule has 1 unspecified atom stereocenters. The zero-order valence-electron chi connectivity index (χ0n) is 17.3. The van der Waals surface area contributed by atoms with Crippen LogP contribution in [-0.2, 0) is 4.74 Å². The minimum atomic E-state index is -0.855. The van der Waals surface area contributed by atoms with Crippen molar-refractivity contribution in [2.24, 2.45) is 5.41 Å². The number of halogens is 1. The molecule has 0 aliphatic carbocycles. The molecule has 7 heteroatoms. The highest BCUT2D eigenvalue weighted by Crippen LogP contribution is 2.39. The second kappa shape index (κ2) is 8.88. The second-order valence-electron chi connectivity index (χ2n) is 8.71. The third-order valence-corrected chi connectivity index (χ3v) is 6.73. The Bertz CT molecular complexity index is 792. The van der Waals surface area contributed by atoms with Crippen molar-refractivity contribution in [3.63, 3.8) is 0 Å². The lowest BCUT2D eigenvalue weighted by molar-refractivity contribution is 0.0303. The monoisotopic (exact) mass is 464 g/mol. The summed E-state index contributed by atoms with van der Waals surface area (Å²) < 4.78 is 6.31. The minimum Gasteiger partial charge on any atom is -0.465 e. The number of piperidine rings is 1. The molecule has 0 bridgehead atoms. The van der Waals surface area contributed by atoms with Crippen LogP contribution in [0.3, 0.4) is 0 Å². The standard InChI is InChI=1S/C22H29BrN2O4/c1-22(2,3)18-14-17(8-9-25(18)21(27)28)19(23)15-4-6-16(7-5-15)20(26)24-10-12-29-13-11-24/h4-7,18H,8-14H2,1-3H3,(H,27,28). The van der Waals surface area contributed by atoms with E-state index in [0.717, 1.165) is 10.0 Å². The first-order valence-electron chi connectivity index (χ1n) is 10.0. The number of carbonyl (C=O) groups is 2. The predicted molar refractivity (Wildman–Crippen MR) is 116 cm³/mol. The molecule has 1 atom stereocenters. The lowest BCUT2D eigenvalue weighted by Crippen LogP contribution is -2.50. The van der Waals surface area contributed by atoms with E-state index in [1.807, 2.05) is 29.2 Å². The Morgan fingerprint density at radius 1 is 1.07 bits per heavy atom. The van der Waals surface area contributed by atoms with Crippen molar-refractivity contribution in [3.8, 4) is 0 Å². The number of benzene rings is 1. The number of morpholine rings is 1. The van der Waals surface area contributed by atoms with Crippen LogP contribution in [0.4, 0.5) is 4.79 Å². The van der Waals surface area contributed by atoms with Crippen LogP contribution in [0.25, 0.3) is 4.48 Å². The number of amides is 2. The van der Waals surface area contributed by atoms with Gasteiger partial charge in [0, 0.05) is 35.7 Å². The van der Waals surface area contributed by atoms with E-state index in [2.05, 4.69) is 36.7 Å². The summed E-state index contributed by atoms with van der Waals surface area (Å²) in [6.07, 6.45) is 0.546. The fourth-order valence-electron chi connectivity index (χ4n) is 3.97. The highest BCUT2D eigenvalue weighted by Gasteiger charge is 2.37. The first kappa shape index (κ1) is 21.8. The molecule has 0 radical (unpaired) electrons. The first-order chi connectivity index (χ1) is 13.7. The van der Waals surface area contributed by atoms with Crippen molar-refractivity contribution in [2.75, 3.05) is 32.8 Å². The van der Waals surface area contributed by atoms with Crippen LogP contribution in [0.15, 0.2) is 29.8 Å². The summed E-state index contributed by atoms with van der Waals surface area (Å²) in [5, 5.41) is 9.56. The smallest absolute Gasteiger partial charge is 0.407 e. The Hall–Kier alpha value is -1.86. The van der Waals surface area contributed by atoms with E-state index >= 15 is 0 Å². The largest absolute Gasteiger partial charge is 0.465 e. The Balaban J connectivity index is 1.78. The third kappa shape index (κ3) is 5.01. The van der Waals surface area contributed by atoms with E-state index in [-0.39, 0.29) is 17.4 Å². The highest BCUT2D eigenvalue weighted by atomic mass is 79.9. The van der Waals surface area contributed by atoms with Gasteiger partial charge in [-0.3, -0.25) is 4.79 Å². The van der Waals surface area contributed by atoms with Crippen molar-refractivity contribution in [3.05, 3.63) is 41.0 Å². The van der Waals surface area contributed by atoms with Gasteiger partial charge in [-0.1, -0.05) is 54.4 Å². The fourth-order valence-corrected chi connectivity index (χ4v) is 4.60. The van der Waals surface area contributed by atoms with Gasteiger partial charge in [-0.15, -0.1) is 0 Å². The number of hydrogen-bond donors (Lipinski definition) is 1. The molecule has 2 aliphatic rings. The lowest BCUT2D eigenvalue weighted by atomic mass is 9.79. The number of carboxylic acid groups (broad SMARTS) is 1. The van der Waals surface area contributed by atoms with E-state index in [9.17, 15) is 14.7 Å². The molecule has 1 N–H and O–H groups in total. The molecule has 158 valence electrons. The van der Waals surface area contributed by atoms with E-state index < -0.39 is 6.09 Å². The zero-order chi connectivity index (χ0) is 21.2. The number of rotatable bonds is 2. The number of likely N-dealkylation sites (tertiary alicyclic amines) is 1. The summed E-state index contributed by atoms with van der Waals surface area (Å²) in [6.45, 7) is 9.16. The van der Waals surface area contributed by atoms with Crippen molar-refractivity contribution in [1.29, 1.82) is 0 Å². The van der Waals surface area contributed by atoms with Crippen LogP contribution in [0.1, 0.15) is 49.5 Å². The quantitative estimate of drug-likeness (QED) is 0.701. The van der Waals surface area contributed by atoms with Crippen LogP contribution in [0.5, 0.6) is 0 Å². The van der Waals surface area contributed by atoms with Crippen molar-refractivity contribution < 1.29 is 19.4 Å². The Kier molecular flexibility index (Phi) is 6.69. The van der Waals surface area contributed by atoms with Crippen LogP contribution < -0.4 is 0 Å². The van der Waals surface area contributed by atoms with E-state index in [4.69, 9.17) is 4.74 Å². The molecule has 6 nitrogen and oxygen atoms in total. The fraction of sp³-hybridized carbons (Fsp3) is 0.545. The molecule has 0 aromatic heterocycles. The van der Waals surface area contributed by atoms with Gasteiger partial charge < -0.3 is 19.6 Å². The van der Waals surface area contributed by atoms with Crippen molar-refractivity contribution >= 4 is 32.4 Å². The summed E-state index contributed by atoms with van der Waals surface area (Å²) in [6, 6.07) is 7.57. The molecular formula is C22H29BrN2O4. The van der Waals surface area contributed by atoms with Gasteiger partial charge in [0.25, 0.3) is 5.91 Å². The summed E-state index contributed by atoms with van der Waals surface area (Å²) in [5.41, 5.74) is 2.75. The number of carbonyl (C=O) groups excluding carboxylic acids is 1. The second-order valence-corrected chi connectivity index (χ2v) is 9.50. The average Bonchev–Trinajstić information content (AvgIpc) is 2.72. The first-order valence-corrected chi connectivity index (χ1v) is 10.8. The molecule has 2 aliphatic heterocycles. The van der Waals surface area contributed by atoms with Crippen LogP contribution in [0.2, 0.25) is 0 Å². The summed E-state index contributed by atoms with van der Waals surface area (Å²) in [5.74, 6) is 0.0335. The van der Waals surface area contributed by atoms with E-state index in [1.165, 1.54) is 5.57 Å². The van der Waals surface area contributed by atoms with Gasteiger partial charge in [0.2, 0.25) is 0 Å². The molecule has 2 amide bonds. The van der Waals surface area contributed by atoms with Crippen LogP contribution in [0, 0.1) is 5.41 Å². The molecule has 0 spiro atoms. The van der Waals surface area contributed by atoms with Gasteiger partial charge in [-0.2, -0.15) is 0 Å². The molecule has 1 aromatic rings. The third-order valence-electron chi connectivity index (χ3n) is 5.71. The maximum absolute atomic E-state index is 12.6. The van der Waals surface area contributed by atoms with Crippen LogP contribution in [-0.4, -0.2) is 65.8 Å². The van der Waals surface area contributed by atoms with Crippen LogP contribution >= 0.6 is 15.9 Å². The van der Waals surface area contributed by atoms with Gasteiger partial charge >= 0.3 is 6.09 Å². The molecule has 3 rings (SSSR count). The summed E-state index contributed by atoms with van der Waals surface area (Å²) in [4.78, 5) is 27.6. The maximum atomic E-state index is 12.6. The van der Waals surface area contributed by atoms with Crippen molar-refractivity contribution in [1.82, 2.24) is 9.80 Å². The molecule has 29 heavy (non-hydrogen) atoms. The number of nitrogens with zero attached hydrogens (tertiary/aromatic N) is 2. The van der Waals surface area contributed by atoms with Gasteiger partial charge in [-0.05, 0) is 36.0 Å². The summed E-state index contributed by atoms with van der Waals surface area (Å²) >= 11 is 3.74. The molecule has 2 fully saturated rings. The van der Waals surface area contributed by atoms with Crippen molar-refractivity contribution in [2.45, 2.75) is 39.7 Å². The van der Waals surface area contributed by atoms with Gasteiger partial charge in [0.15, 0.2) is 0 Å². The molecule has 1 aromatic carbocycles. The Labute approximate surface area is 180 Å². The Morgan fingerprint density at radius 2 is 1.66 bits per heavy atom. The highest BCUT2D eigenvalue weighted by molar-refractivity contribution is 9.15. The van der Waals surface area contributed by atoms with Gasteiger partial charge in [0.05, 0.1) is 13.2 Å². The SMILES string of the molecule is CC(C)(C)C1CC(=C(Br)c2ccc(C(=O)N3CCOCC3)cc2)CCN1C(=O)O. The predicted octanol–water partition coefficient (Wildman–Crippen LogP) is 4.45. The Morgan fingerprint density at radius 3 is 2.21 bits per heavy atom. The molecular weight excluding hydrogens is 436 g/mol. The number of ether oxygens (including phenoxy) is 1. The summed E-state index contributed by atoms with van der Waals surface area (Å²) in [7, 11) is 0. The van der Waals surface area contributed by atoms with E-state index in [1.54, 1.807) is 4.90 Å². The van der Waals surface area contributed by atoms with Gasteiger partial charge in [-0.25, -0.2) is 4.79 Å². The van der Waals surface area contributed by atoms with Gasteiger partial charge in [0.1, 0.15) is 0 Å². The molecule has 2 heterocycles. The maximum Gasteiger partial charge on any atom is 0.407 e. The zero-order valence-corrected chi connectivity index (χ0v) is 18.9. The normalized spacial score (nSPS) is 22.4. The molecule has 0 saturated carbocycles. The number of hydrogen-bond acceptors (Lipinski definition) is 3. The molecule has 2 saturated heterocycles. The topological polar surface area (TPSA) is 70.1 Å². The average molecular weight is 465 g/mol.